The first-order valence-corrected chi connectivity index (χ1v) is 15.5. The van der Waals surface area contributed by atoms with Crippen molar-refractivity contribution in [1.82, 2.24) is 9.78 Å². The zero-order chi connectivity index (χ0) is 29.5. The molecule has 2 atom stereocenters. The zero-order valence-corrected chi connectivity index (χ0v) is 25.7. The summed E-state index contributed by atoms with van der Waals surface area (Å²) in [6.45, 7) is 15.9. The summed E-state index contributed by atoms with van der Waals surface area (Å²) in [5, 5.41) is 5.64. The number of nitrogens with zero attached hydrogens (tertiary/aromatic N) is 3. The Balaban J connectivity index is 1.85. The van der Waals surface area contributed by atoms with Crippen LogP contribution in [-0.2, 0) is 17.4 Å². The van der Waals surface area contributed by atoms with Crippen LogP contribution in [0.1, 0.15) is 63.6 Å². The van der Waals surface area contributed by atoms with E-state index in [9.17, 15) is 0 Å². The summed E-state index contributed by atoms with van der Waals surface area (Å²) in [6.07, 6.45) is 6.08. The molecule has 42 heavy (non-hydrogen) atoms. The maximum atomic E-state index is 5.64. The van der Waals surface area contributed by atoms with Crippen LogP contribution in [-0.4, -0.2) is 9.78 Å². The summed E-state index contributed by atoms with van der Waals surface area (Å²) in [5.74, 6) is 2.09. The lowest BCUT2D eigenvalue weighted by Crippen LogP contribution is -2.54. The van der Waals surface area contributed by atoms with Gasteiger partial charge in [-0.15, -0.1) is 0 Å². The first-order valence-electron chi connectivity index (χ1n) is 15.5. The molecular weight excluding hydrogens is 510 g/mol. The molecule has 2 unspecified atom stereocenters. The number of hydrogen-bond acceptors (Lipinski definition) is 1. The van der Waals surface area contributed by atoms with Crippen molar-refractivity contribution in [3.05, 3.63) is 126 Å². The minimum absolute atomic E-state index is 0.175. The molecule has 1 aliphatic rings. The Bertz CT molecular complexity index is 1760. The summed E-state index contributed by atoms with van der Waals surface area (Å²) in [4.78, 5) is 0. The second-order valence-electron chi connectivity index (χ2n) is 11.9. The van der Waals surface area contributed by atoms with Crippen molar-refractivity contribution < 1.29 is 4.57 Å². The molecule has 0 spiro atoms. The van der Waals surface area contributed by atoms with Crippen LogP contribution in [0.15, 0.2) is 110 Å². The molecule has 0 bridgehead atoms. The highest BCUT2D eigenvalue weighted by Crippen LogP contribution is 2.54. The van der Waals surface area contributed by atoms with Gasteiger partial charge in [-0.25, -0.2) is 0 Å². The fourth-order valence-electron chi connectivity index (χ4n) is 7.40. The molecular formula is C39H42N3+. The Morgan fingerprint density at radius 3 is 2.12 bits per heavy atom. The van der Waals surface area contributed by atoms with Crippen molar-refractivity contribution in [3.8, 4) is 39.6 Å². The van der Waals surface area contributed by atoms with Gasteiger partial charge in [0.15, 0.2) is 5.54 Å². The Kier molecular flexibility index (Phi) is 7.22. The second kappa shape index (κ2) is 10.9. The van der Waals surface area contributed by atoms with Gasteiger partial charge >= 0.3 is 5.82 Å². The van der Waals surface area contributed by atoms with Gasteiger partial charge in [-0.3, -0.25) is 0 Å². The average Bonchev–Trinajstić information content (AvgIpc) is 3.42. The molecule has 0 fully saturated rings. The van der Waals surface area contributed by atoms with E-state index in [1.807, 2.05) is 0 Å². The average molecular weight is 553 g/mol. The van der Waals surface area contributed by atoms with Gasteiger partial charge in [0.1, 0.15) is 5.69 Å². The number of aromatic nitrogens is 3. The Hall–Kier alpha value is -4.24. The van der Waals surface area contributed by atoms with Crippen LogP contribution in [0.3, 0.4) is 0 Å². The van der Waals surface area contributed by atoms with Crippen LogP contribution in [0.4, 0.5) is 0 Å². The molecule has 0 N–H and O–H groups in total. The Morgan fingerprint density at radius 1 is 0.786 bits per heavy atom. The molecule has 5 aromatic rings. The summed E-state index contributed by atoms with van der Waals surface area (Å²) in [6, 6.07) is 35.2. The number of hydrogen-bond donors (Lipinski definition) is 0. The van der Waals surface area contributed by atoms with Gasteiger partial charge in [0, 0.05) is 16.1 Å². The number of allylic oxidation sites excluding steroid dienone is 1. The highest BCUT2D eigenvalue weighted by atomic mass is 15.4. The maximum absolute atomic E-state index is 5.64. The van der Waals surface area contributed by atoms with Crippen LogP contribution in [0.25, 0.3) is 39.6 Å². The van der Waals surface area contributed by atoms with E-state index in [1.54, 1.807) is 0 Å². The summed E-state index contributed by atoms with van der Waals surface area (Å²) in [5.41, 5.74) is 9.36. The van der Waals surface area contributed by atoms with Gasteiger partial charge < -0.3 is 0 Å². The molecule has 2 heterocycles. The predicted octanol–water partition coefficient (Wildman–Crippen LogP) is 9.39. The minimum atomic E-state index is -0.402. The molecule has 212 valence electrons. The van der Waals surface area contributed by atoms with Crippen molar-refractivity contribution in [1.29, 1.82) is 0 Å². The molecule has 4 aromatic carbocycles. The molecule has 3 heteroatoms. The summed E-state index contributed by atoms with van der Waals surface area (Å²) < 4.78 is 4.82. The predicted molar refractivity (Wildman–Crippen MR) is 175 cm³/mol. The second-order valence-corrected chi connectivity index (χ2v) is 11.9. The van der Waals surface area contributed by atoms with Crippen molar-refractivity contribution in [2.75, 3.05) is 0 Å². The van der Waals surface area contributed by atoms with Crippen LogP contribution >= 0.6 is 0 Å². The molecule has 1 aliphatic heterocycles. The van der Waals surface area contributed by atoms with Crippen LogP contribution in [0, 0.1) is 6.92 Å². The highest BCUT2D eigenvalue weighted by Gasteiger charge is 2.58. The lowest BCUT2D eigenvalue weighted by Gasteiger charge is -2.46. The molecule has 1 aromatic heterocycles. The van der Waals surface area contributed by atoms with Crippen molar-refractivity contribution in [3.63, 3.8) is 0 Å². The largest absolute Gasteiger partial charge is 0.314 e. The molecule has 6 rings (SSSR count). The standard InChI is InChI=1S/C39H42N3/c1-7-19-30-23-18-26-32(29-21-12-11-13-22-29)35(30)41-36(31-24-15-14-20-28(31)5)40-42-37(41)33-25-16-17-27-34(33)38(6,8-2)39(42,9-3)10-4/h9,11-18,20-27H,3,7-8,10,19H2,1-2,4-6H3/q+1. The monoisotopic (exact) mass is 552 g/mol. The fourth-order valence-corrected chi connectivity index (χ4v) is 7.40. The van der Waals surface area contributed by atoms with Crippen LogP contribution < -0.4 is 4.57 Å². The third-order valence-corrected chi connectivity index (χ3v) is 9.83. The van der Waals surface area contributed by atoms with Gasteiger partial charge in [-0.1, -0.05) is 130 Å². The first kappa shape index (κ1) is 27.9. The van der Waals surface area contributed by atoms with E-state index in [-0.39, 0.29) is 5.41 Å². The SMILES string of the molecule is C=CC1(CC)n2nc(-c3ccccc3C)[n+](-c3c(CCC)cccc3-c3ccccc3)c2-c2ccccc2C1(C)CC. The quantitative estimate of drug-likeness (QED) is 0.139. The van der Waals surface area contributed by atoms with Gasteiger partial charge in [0.25, 0.3) is 5.82 Å². The number of aryl methyl sites for hydroxylation is 2. The molecule has 3 nitrogen and oxygen atoms in total. The topological polar surface area (TPSA) is 21.7 Å². The molecule has 0 amide bonds. The van der Waals surface area contributed by atoms with Crippen molar-refractivity contribution in [2.24, 2.45) is 0 Å². The molecule has 0 radical (unpaired) electrons. The molecule has 0 saturated carbocycles. The van der Waals surface area contributed by atoms with E-state index < -0.39 is 5.54 Å². The van der Waals surface area contributed by atoms with Gasteiger partial charge in [-0.05, 0) is 66.6 Å². The Labute approximate surface area is 251 Å². The van der Waals surface area contributed by atoms with E-state index in [2.05, 4.69) is 154 Å². The zero-order valence-electron chi connectivity index (χ0n) is 25.7. The van der Waals surface area contributed by atoms with E-state index in [0.29, 0.717) is 0 Å². The number of benzene rings is 4. The number of fused-ring (bicyclic) bond motifs is 3. The Morgan fingerprint density at radius 2 is 1.45 bits per heavy atom. The van der Waals surface area contributed by atoms with Gasteiger partial charge in [0.2, 0.25) is 0 Å². The normalized spacial score (nSPS) is 19.3. The van der Waals surface area contributed by atoms with E-state index in [1.165, 1.54) is 39.1 Å². The van der Waals surface area contributed by atoms with Gasteiger partial charge in [0.05, 0.1) is 11.1 Å². The smallest absolute Gasteiger partial charge is 0.189 e. The van der Waals surface area contributed by atoms with E-state index >= 15 is 0 Å². The minimum Gasteiger partial charge on any atom is -0.189 e. The summed E-state index contributed by atoms with van der Waals surface area (Å²) >= 11 is 0. The van der Waals surface area contributed by atoms with Crippen molar-refractivity contribution in [2.45, 2.75) is 71.3 Å². The van der Waals surface area contributed by atoms with Gasteiger partial charge in [-0.2, -0.15) is 4.57 Å². The fraction of sp³-hybridized carbons (Fsp3) is 0.282. The summed E-state index contributed by atoms with van der Waals surface area (Å²) in [7, 11) is 0. The first-order chi connectivity index (χ1) is 20.5. The highest BCUT2D eigenvalue weighted by molar-refractivity contribution is 5.75. The third-order valence-electron chi connectivity index (χ3n) is 9.83. The maximum Gasteiger partial charge on any atom is 0.314 e. The van der Waals surface area contributed by atoms with Crippen LogP contribution in [0.5, 0.6) is 0 Å². The lowest BCUT2D eigenvalue weighted by molar-refractivity contribution is -0.573. The van der Waals surface area contributed by atoms with E-state index in [4.69, 9.17) is 5.10 Å². The van der Waals surface area contributed by atoms with Crippen molar-refractivity contribution >= 4 is 0 Å². The van der Waals surface area contributed by atoms with E-state index in [0.717, 1.165) is 42.9 Å². The number of rotatable bonds is 8. The molecule has 0 aliphatic carbocycles. The third kappa shape index (κ3) is 3.94. The number of para-hydroxylation sites is 1. The lowest BCUT2D eigenvalue weighted by atomic mass is 9.60. The van der Waals surface area contributed by atoms with Crippen LogP contribution in [0.2, 0.25) is 0 Å². The molecule has 0 saturated heterocycles.